The number of carbonyl (C=O) groups excluding carboxylic acids is 1. The molecule has 1 aromatic heterocycles. The quantitative estimate of drug-likeness (QED) is 0.676. The molecular formula is C15H16ClN5O3. The van der Waals surface area contributed by atoms with E-state index in [0.717, 1.165) is 11.5 Å². The van der Waals surface area contributed by atoms with Crippen LogP contribution >= 0.6 is 11.6 Å². The number of non-ortho nitro benzene ring substituents is 1. The number of carbonyl (C=O) groups is 1. The zero-order valence-corrected chi connectivity index (χ0v) is 13.9. The van der Waals surface area contributed by atoms with Crippen molar-refractivity contribution >= 4 is 34.7 Å². The number of benzene rings is 1. The lowest BCUT2D eigenvalue weighted by Gasteiger charge is -2.17. The minimum Gasteiger partial charge on any atom is -0.372 e. The number of nitro groups is 1. The van der Waals surface area contributed by atoms with Crippen LogP contribution < -0.4 is 10.2 Å². The van der Waals surface area contributed by atoms with Gasteiger partial charge in [-0.2, -0.15) is 5.10 Å². The largest absolute Gasteiger partial charge is 0.372 e. The number of nitrogens with one attached hydrogen (secondary N) is 1. The Hall–Kier alpha value is -2.61. The third kappa shape index (κ3) is 2.92. The van der Waals surface area contributed by atoms with Gasteiger partial charge in [0.15, 0.2) is 0 Å². The number of nitrogens with zero attached hydrogens (tertiary/aromatic N) is 4. The summed E-state index contributed by atoms with van der Waals surface area (Å²) in [6, 6.07) is 5.57. The number of nitro benzene ring substituents is 1. The molecule has 1 N–H and O–H groups in total. The molecule has 24 heavy (non-hydrogen) atoms. The van der Waals surface area contributed by atoms with Crippen molar-refractivity contribution < 1.29 is 9.72 Å². The smallest absolute Gasteiger partial charge is 0.271 e. The van der Waals surface area contributed by atoms with E-state index in [0.29, 0.717) is 18.7 Å². The van der Waals surface area contributed by atoms with E-state index in [9.17, 15) is 14.9 Å². The van der Waals surface area contributed by atoms with Crippen LogP contribution in [0.5, 0.6) is 0 Å². The molecule has 9 heteroatoms. The zero-order chi connectivity index (χ0) is 17.4. The molecule has 1 atom stereocenters. The number of rotatable bonds is 4. The average molecular weight is 350 g/mol. The van der Waals surface area contributed by atoms with E-state index in [2.05, 4.69) is 10.4 Å². The van der Waals surface area contributed by atoms with Crippen molar-refractivity contribution in [1.29, 1.82) is 0 Å². The Labute approximate surface area is 143 Å². The lowest BCUT2D eigenvalue weighted by atomic mass is 10.2. The number of halogens is 1. The predicted octanol–water partition coefficient (Wildman–Crippen LogP) is 2.51. The molecule has 0 bridgehead atoms. The lowest BCUT2D eigenvalue weighted by Crippen LogP contribution is -2.34. The average Bonchev–Trinajstić information content (AvgIpc) is 3.03. The van der Waals surface area contributed by atoms with Crippen LogP contribution in [0.15, 0.2) is 24.3 Å². The van der Waals surface area contributed by atoms with Crippen LogP contribution in [0.3, 0.4) is 0 Å². The van der Waals surface area contributed by atoms with Crippen LogP contribution in [-0.2, 0) is 11.8 Å². The van der Waals surface area contributed by atoms with Crippen molar-refractivity contribution in [1.82, 2.24) is 9.78 Å². The number of anilines is 2. The Morgan fingerprint density at radius 2 is 2.17 bits per heavy atom. The molecule has 1 fully saturated rings. The van der Waals surface area contributed by atoms with E-state index >= 15 is 0 Å². The minimum absolute atomic E-state index is 0.0765. The molecule has 0 spiro atoms. The third-order valence-electron chi connectivity index (χ3n) is 3.95. The molecule has 0 aliphatic carbocycles. The molecule has 1 saturated heterocycles. The van der Waals surface area contributed by atoms with E-state index in [1.807, 2.05) is 13.0 Å². The Morgan fingerprint density at radius 1 is 1.42 bits per heavy atom. The van der Waals surface area contributed by atoms with Gasteiger partial charge in [0.25, 0.3) is 11.6 Å². The summed E-state index contributed by atoms with van der Waals surface area (Å²) in [4.78, 5) is 24.5. The number of aryl methyl sites for hydroxylation is 2. The van der Waals surface area contributed by atoms with Crippen LogP contribution in [0.1, 0.15) is 12.1 Å². The summed E-state index contributed by atoms with van der Waals surface area (Å²) in [5.41, 5.74) is 1.26. The molecule has 1 aliphatic rings. The van der Waals surface area contributed by atoms with Gasteiger partial charge in [0.2, 0.25) is 0 Å². The Morgan fingerprint density at radius 3 is 2.75 bits per heavy atom. The van der Waals surface area contributed by atoms with Gasteiger partial charge < -0.3 is 5.32 Å². The maximum absolute atomic E-state index is 12.6. The molecule has 1 aliphatic heterocycles. The van der Waals surface area contributed by atoms with E-state index in [-0.39, 0.29) is 16.6 Å². The van der Waals surface area contributed by atoms with Gasteiger partial charge in [-0.05, 0) is 19.4 Å². The molecular weight excluding hydrogens is 334 g/mol. The number of aromatic nitrogens is 2. The molecule has 8 nitrogen and oxygen atoms in total. The van der Waals surface area contributed by atoms with E-state index in [1.54, 1.807) is 16.6 Å². The second kappa shape index (κ2) is 6.12. The van der Waals surface area contributed by atoms with Gasteiger partial charge in [0, 0.05) is 31.8 Å². The highest BCUT2D eigenvalue weighted by Crippen LogP contribution is 2.30. The highest BCUT2D eigenvalue weighted by Gasteiger charge is 2.34. The Bertz CT molecular complexity index is 819. The fraction of sp³-hybridized carbons (Fsp3) is 0.333. The Balaban J connectivity index is 1.77. The molecule has 126 valence electrons. The van der Waals surface area contributed by atoms with Crippen molar-refractivity contribution in [3.05, 3.63) is 45.1 Å². The van der Waals surface area contributed by atoms with Crippen LogP contribution in [0.2, 0.25) is 5.02 Å². The van der Waals surface area contributed by atoms with Gasteiger partial charge >= 0.3 is 0 Å². The summed E-state index contributed by atoms with van der Waals surface area (Å²) >= 11 is 6.08. The topological polar surface area (TPSA) is 93.3 Å². The van der Waals surface area contributed by atoms with E-state index < -0.39 is 11.0 Å². The summed E-state index contributed by atoms with van der Waals surface area (Å²) < 4.78 is 1.68. The second-order valence-corrected chi connectivity index (χ2v) is 6.07. The first-order chi connectivity index (χ1) is 11.4. The molecule has 1 aromatic carbocycles. The molecule has 0 radical (unpaired) electrons. The minimum atomic E-state index is -0.511. The van der Waals surface area contributed by atoms with Gasteiger partial charge in [-0.25, -0.2) is 0 Å². The van der Waals surface area contributed by atoms with Gasteiger partial charge in [0.05, 0.1) is 21.3 Å². The Kier molecular flexibility index (Phi) is 4.15. The van der Waals surface area contributed by atoms with E-state index in [1.165, 1.54) is 18.2 Å². The van der Waals surface area contributed by atoms with Crippen LogP contribution in [-0.4, -0.2) is 33.2 Å². The molecule has 2 aromatic rings. The molecule has 3 rings (SSSR count). The molecule has 1 unspecified atom stereocenters. The van der Waals surface area contributed by atoms with Gasteiger partial charge in [-0.1, -0.05) is 11.6 Å². The summed E-state index contributed by atoms with van der Waals surface area (Å²) in [6.45, 7) is 2.44. The normalized spacial score (nSPS) is 17.4. The van der Waals surface area contributed by atoms with Crippen molar-refractivity contribution in [2.45, 2.75) is 19.4 Å². The third-order valence-corrected chi connectivity index (χ3v) is 4.27. The predicted molar refractivity (Wildman–Crippen MR) is 90.4 cm³/mol. The first-order valence-electron chi connectivity index (χ1n) is 7.39. The van der Waals surface area contributed by atoms with Crippen molar-refractivity contribution in [3.8, 4) is 0 Å². The van der Waals surface area contributed by atoms with Crippen LogP contribution in [0.4, 0.5) is 17.2 Å². The molecule has 2 heterocycles. The van der Waals surface area contributed by atoms with Gasteiger partial charge in [-0.3, -0.25) is 24.5 Å². The lowest BCUT2D eigenvalue weighted by molar-refractivity contribution is -0.384. The van der Waals surface area contributed by atoms with E-state index in [4.69, 9.17) is 11.6 Å². The van der Waals surface area contributed by atoms with Crippen molar-refractivity contribution in [2.24, 2.45) is 7.05 Å². The first-order valence-corrected chi connectivity index (χ1v) is 7.77. The fourth-order valence-electron chi connectivity index (χ4n) is 2.81. The fourth-order valence-corrected chi connectivity index (χ4v) is 3.04. The summed E-state index contributed by atoms with van der Waals surface area (Å²) in [5.74, 6) is 0.670. The number of amides is 1. The number of hydrogen-bond donors (Lipinski definition) is 1. The highest BCUT2D eigenvalue weighted by atomic mass is 35.5. The first kappa shape index (κ1) is 16.3. The zero-order valence-electron chi connectivity index (χ0n) is 13.2. The van der Waals surface area contributed by atoms with Crippen LogP contribution in [0, 0.1) is 17.0 Å². The molecule has 0 saturated carbocycles. The van der Waals surface area contributed by atoms with Gasteiger partial charge in [0.1, 0.15) is 11.9 Å². The van der Waals surface area contributed by atoms with Gasteiger partial charge in [-0.15, -0.1) is 0 Å². The number of hydrogen-bond acceptors (Lipinski definition) is 5. The van der Waals surface area contributed by atoms with Crippen LogP contribution in [0.25, 0.3) is 0 Å². The monoisotopic (exact) mass is 349 g/mol. The molecule has 1 amide bonds. The van der Waals surface area contributed by atoms with Crippen molar-refractivity contribution in [2.75, 3.05) is 16.8 Å². The summed E-state index contributed by atoms with van der Waals surface area (Å²) in [7, 11) is 1.80. The maximum Gasteiger partial charge on any atom is 0.271 e. The summed E-state index contributed by atoms with van der Waals surface area (Å²) in [6.07, 6.45) is 0.608. The maximum atomic E-state index is 12.6. The SMILES string of the molecule is Cc1cc(N2CCC(Nc3ccc([N+](=O)[O-])cc3Cl)C2=O)n(C)n1. The second-order valence-electron chi connectivity index (χ2n) is 5.66. The standard InChI is InChI=1S/C15H16ClN5O3/c1-9-7-14(19(2)18-9)20-6-5-13(15(20)22)17-12-4-3-10(21(23)24)8-11(12)16/h3-4,7-8,13,17H,5-6H2,1-2H3. The highest BCUT2D eigenvalue weighted by molar-refractivity contribution is 6.33. The summed E-state index contributed by atoms with van der Waals surface area (Å²) in [5, 5.41) is 18.3. The van der Waals surface area contributed by atoms with Crippen molar-refractivity contribution in [3.63, 3.8) is 0 Å².